The number of carbonyl (C=O) groups excluding carboxylic acids is 1. The second kappa shape index (κ2) is 10.9. The summed E-state index contributed by atoms with van der Waals surface area (Å²) in [5.41, 5.74) is 1.13. The average molecular weight is 430 g/mol. The van der Waals surface area contributed by atoms with Crippen molar-refractivity contribution in [2.45, 2.75) is 19.0 Å². The molecule has 8 nitrogen and oxygen atoms in total. The molecular formula is C19H25F3N4O4. The minimum atomic E-state index is -5.08. The van der Waals surface area contributed by atoms with E-state index >= 15 is 0 Å². The van der Waals surface area contributed by atoms with Gasteiger partial charge in [-0.15, -0.1) is 0 Å². The monoisotopic (exact) mass is 430 g/mol. The molecule has 166 valence electrons. The quantitative estimate of drug-likeness (QED) is 0.702. The maximum atomic E-state index is 12.3. The van der Waals surface area contributed by atoms with E-state index in [1.54, 1.807) is 24.6 Å². The molecule has 0 atom stereocenters. The predicted molar refractivity (Wildman–Crippen MR) is 103 cm³/mol. The van der Waals surface area contributed by atoms with Gasteiger partial charge in [0.15, 0.2) is 0 Å². The summed E-state index contributed by atoms with van der Waals surface area (Å²) in [6.07, 6.45) is 0.278. The minimum Gasteiger partial charge on any atom is -0.475 e. The molecule has 1 fully saturated rings. The number of aliphatic carboxylic acids is 1. The second-order valence-electron chi connectivity index (χ2n) is 6.90. The third-order valence-corrected chi connectivity index (χ3v) is 4.59. The highest BCUT2D eigenvalue weighted by atomic mass is 19.4. The molecule has 2 aromatic rings. The molecule has 0 aliphatic carbocycles. The number of nitrogens with one attached hydrogen (secondary N) is 1. The lowest BCUT2D eigenvalue weighted by atomic mass is 10.2. The first-order valence-corrected chi connectivity index (χ1v) is 9.50. The lowest BCUT2D eigenvalue weighted by Gasteiger charge is -2.19. The molecule has 2 N–H and O–H groups in total. The van der Waals surface area contributed by atoms with E-state index in [0.717, 1.165) is 38.0 Å². The van der Waals surface area contributed by atoms with Gasteiger partial charge in [0.25, 0.3) is 5.91 Å². The predicted octanol–water partition coefficient (Wildman–Crippen LogP) is 2.22. The molecule has 0 unspecified atom stereocenters. The van der Waals surface area contributed by atoms with Gasteiger partial charge in [-0.2, -0.15) is 13.2 Å². The summed E-state index contributed by atoms with van der Waals surface area (Å²) in [7, 11) is 2.17. The normalized spacial score (nSPS) is 15.9. The van der Waals surface area contributed by atoms with Crippen molar-refractivity contribution in [2.24, 2.45) is 0 Å². The summed E-state index contributed by atoms with van der Waals surface area (Å²) in [6, 6.07) is 3.55. The van der Waals surface area contributed by atoms with E-state index in [4.69, 9.17) is 14.3 Å². The topological polar surface area (TPSA) is 98.9 Å². The van der Waals surface area contributed by atoms with Gasteiger partial charge >= 0.3 is 12.1 Å². The molecule has 1 aliphatic rings. The van der Waals surface area contributed by atoms with Crippen LogP contribution in [-0.4, -0.2) is 84.3 Å². The number of halogens is 3. The van der Waals surface area contributed by atoms with Crippen LogP contribution < -0.4 is 5.32 Å². The first-order chi connectivity index (χ1) is 14.2. The maximum absolute atomic E-state index is 12.3. The van der Waals surface area contributed by atoms with Crippen LogP contribution in [0, 0.1) is 0 Å². The number of likely N-dealkylation sites (N-methyl/N-ethyl adjacent to an activating group) is 1. The van der Waals surface area contributed by atoms with Gasteiger partial charge in [-0.25, -0.2) is 4.79 Å². The molecule has 3 rings (SSSR count). The Morgan fingerprint density at radius 1 is 1.23 bits per heavy atom. The molecule has 0 aromatic carbocycles. The molecule has 0 spiro atoms. The van der Waals surface area contributed by atoms with Gasteiger partial charge in [-0.1, -0.05) is 0 Å². The summed E-state index contributed by atoms with van der Waals surface area (Å²) < 4.78 is 37.0. The number of furan rings is 1. The third kappa shape index (κ3) is 7.30. The maximum Gasteiger partial charge on any atom is 0.490 e. The number of hydrogen-bond acceptors (Lipinski definition) is 6. The van der Waals surface area contributed by atoms with Gasteiger partial charge < -0.3 is 24.6 Å². The number of pyridine rings is 1. The van der Waals surface area contributed by atoms with Crippen molar-refractivity contribution >= 4 is 22.8 Å². The number of carboxylic acids is 1. The molecule has 2 aromatic heterocycles. The number of hydrogen-bond donors (Lipinski definition) is 2. The number of aromatic nitrogens is 1. The molecule has 1 amide bonds. The number of amides is 1. The Balaban J connectivity index is 0.000000396. The van der Waals surface area contributed by atoms with Crippen LogP contribution in [-0.2, 0) is 4.79 Å². The number of carbonyl (C=O) groups is 2. The molecule has 0 bridgehead atoms. The number of rotatable bonds is 5. The van der Waals surface area contributed by atoms with Crippen LogP contribution in [0.15, 0.2) is 29.0 Å². The lowest BCUT2D eigenvalue weighted by Crippen LogP contribution is -2.32. The van der Waals surface area contributed by atoms with E-state index in [9.17, 15) is 18.0 Å². The first kappa shape index (κ1) is 23.6. The highest BCUT2D eigenvalue weighted by molar-refractivity contribution is 6.03. The van der Waals surface area contributed by atoms with Gasteiger partial charge in [0.05, 0.1) is 11.6 Å². The Hall–Kier alpha value is -2.66. The fraction of sp³-hybridized carbons (Fsp3) is 0.526. The van der Waals surface area contributed by atoms with Crippen LogP contribution in [0.25, 0.3) is 11.0 Å². The van der Waals surface area contributed by atoms with Crippen LogP contribution in [0.4, 0.5) is 13.2 Å². The van der Waals surface area contributed by atoms with Crippen molar-refractivity contribution in [3.8, 4) is 0 Å². The zero-order valence-corrected chi connectivity index (χ0v) is 16.6. The average Bonchev–Trinajstić information content (AvgIpc) is 3.07. The summed E-state index contributed by atoms with van der Waals surface area (Å²) in [5, 5.41) is 10.9. The summed E-state index contributed by atoms with van der Waals surface area (Å²) in [6.45, 7) is 6.25. The second-order valence-corrected chi connectivity index (χ2v) is 6.90. The van der Waals surface area contributed by atoms with Crippen LogP contribution >= 0.6 is 0 Å². The van der Waals surface area contributed by atoms with E-state index in [-0.39, 0.29) is 5.91 Å². The molecule has 3 heterocycles. The van der Waals surface area contributed by atoms with Crippen LogP contribution in [0.1, 0.15) is 23.3 Å². The van der Waals surface area contributed by atoms with Crippen molar-refractivity contribution in [3.05, 3.63) is 30.3 Å². The zero-order chi connectivity index (χ0) is 22.1. The fourth-order valence-electron chi connectivity index (χ4n) is 2.99. The van der Waals surface area contributed by atoms with E-state index in [1.165, 1.54) is 13.0 Å². The Kier molecular flexibility index (Phi) is 8.60. The summed E-state index contributed by atoms with van der Waals surface area (Å²) >= 11 is 0. The summed E-state index contributed by atoms with van der Waals surface area (Å²) in [4.78, 5) is 30.2. The van der Waals surface area contributed by atoms with Crippen molar-refractivity contribution in [3.63, 3.8) is 0 Å². The van der Waals surface area contributed by atoms with Gasteiger partial charge in [-0.3, -0.25) is 9.78 Å². The van der Waals surface area contributed by atoms with Crippen LogP contribution in [0.2, 0.25) is 0 Å². The molecular weight excluding hydrogens is 405 g/mol. The van der Waals surface area contributed by atoms with Gasteiger partial charge in [0, 0.05) is 25.8 Å². The van der Waals surface area contributed by atoms with E-state index in [2.05, 4.69) is 27.1 Å². The summed E-state index contributed by atoms with van der Waals surface area (Å²) in [5.74, 6) is -2.89. The Labute approximate surface area is 171 Å². The third-order valence-electron chi connectivity index (χ3n) is 4.59. The fourth-order valence-corrected chi connectivity index (χ4v) is 2.99. The van der Waals surface area contributed by atoms with Gasteiger partial charge in [-0.05, 0) is 51.7 Å². The molecule has 30 heavy (non-hydrogen) atoms. The first-order valence-electron chi connectivity index (χ1n) is 9.50. The largest absolute Gasteiger partial charge is 0.490 e. The molecule has 0 saturated carbocycles. The zero-order valence-electron chi connectivity index (χ0n) is 16.6. The molecule has 1 aliphatic heterocycles. The van der Waals surface area contributed by atoms with E-state index in [0.29, 0.717) is 17.8 Å². The number of carboxylic acid groups (broad SMARTS) is 1. The number of nitrogens with zero attached hydrogens (tertiary/aromatic N) is 3. The molecule has 1 saturated heterocycles. The SMILES string of the molecule is CN1CCCN(CCCNC(=O)c2nccc3occc23)CC1.O=C(O)C(F)(F)F. The number of fused-ring (bicyclic) bond motifs is 1. The number of alkyl halides is 3. The molecule has 11 heteroatoms. The van der Waals surface area contributed by atoms with E-state index < -0.39 is 12.1 Å². The lowest BCUT2D eigenvalue weighted by molar-refractivity contribution is -0.192. The van der Waals surface area contributed by atoms with E-state index in [1.807, 2.05) is 0 Å². The van der Waals surface area contributed by atoms with Crippen molar-refractivity contribution < 1.29 is 32.3 Å². The molecule has 0 radical (unpaired) electrons. The Bertz CT molecular complexity index is 841. The smallest absolute Gasteiger partial charge is 0.475 e. The van der Waals surface area contributed by atoms with Crippen molar-refractivity contribution in [2.75, 3.05) is 46.3 Å². The standard InChI is InChI=1S/C17H24N4O2.C2HF3O2/c1-20-8-3-10-21(12-11-20)9-2-6-19-17(22)16-14-5-13-23-15(14)4-7-18-16;3-2(4,5)1(6)7/h4-5,7,13H,2-3,6,8-12H2,1H3,(H,19,22);(H,6,7). The Morgan fingerprint density at radius 3 is 2.67 bits per heavy atom. The minimum absolute atomic E-state index is 0.132. The van der Waals surface area contributed by atoms with Crippen molar-refractivity contribution in [1.82, 2.24) is 20.1 Å². The highest BCUT2D eigenvalue weighted by Crippen LogP contribution is 2.17. The van der Waals surface area contributed by atoms with Gasteiger partial charge in [0.2, 0.25) is 0 Å². The Morgan fingerprint density at radius 2 is 1.97 bits per heavy atom. The highest BCUT2D eigenvalue weighted by Gasteiger charge is 2.38. The van der Waals surface area contributed by atoms with Crippen molar-refractivity contribution in [1.29, 1.82) is 0 Å². The van der Waals surface area contributed by atoms with Crippen LogP contribution in [0.5, 0.6) is 0 Å². The van der Waals surface area contributed by atoms with Gasteiger partial charge in [0.1, 0.15) is 11.3 Å². The van der Waals surface area contributed by atoms with Crippen LogP contribution in [0.3, 0.4) is 0 Å².